The van der Waals surface area contributed by atoms with Crippen molar-refractivity contribution in [2.45, 2.75) is 6.54 Å². The molecule has 0 atom stereocenters. The van der Waals surface area contributed by atoms with Gasteiger partial charge in [0, 0.05) is 16.2 Å². The quantitative estimate of drug-likeness (QED) is 0.552. The van der Waals surface area contributed by atoms with Crippen LogP contribution in [0.3, 0.4) is 0 Å². The number of rotatable bonds is 7. The second kappa shape index (κ2) is 7.56. The Morgan fingerprint density at radius 2 is 1.95 bits per heavy atom. The van der Waals surface area contributed by atoms with Crippen molar-refractivity contribution in [3.8, 4) is 11.4 Å². The Hall–Kier alpha value is -0.990. The first-order valence-corrected chi connectivity index (χ1v) is 7.09. The Morgan fingerprint density at radius 1 is 1.16 bits per heavy atom. The van der Waals surface area contributed by atoms with E-state index in [9.17, 15) is 0 Å². The number of halogens is 1. The minimum absolute atomic E-state index is 0.606. The van der Waals surface area contributed by atoms with Crippen LogP contribution in [-0.4, -0.2) is 41.7 Å². The van der Waals surface area contributed by atoms with Gasteiger partial charge in [-0.05, 0) is 34.7 Å². The van der Waals surface area contributed by atoms with Gasteiger partial charge in [0.15, 0.2) is 5.82 Å². The van der Waals surface area contributed by atoms with Crippen LogP contribution in [0.2, 0.25) is 0 Å². The van der Waals surface area contributed by atoms with Crippen LogP contribution < -0.4 is 0 Å². The van der Waals surface area contributed by atoms with Crippen molar-refractivity contribution in [1.82, 2.24) is 14.8 Å². The Balaban J connectivity index is 1.86. The van der Waals surface area contributed by atoms with E-state index >= 15 is 0 Å². The Bertz CT molecular complexity index is 499. The standard InChI is InChI=1S/C13H16IN3O2/c1-18-8-9-19-7-6-17-10-15-13(16-17)11-2-4-12(14)5-3-11/h2-5,10H,6-9H2,1H3. The first-order chi connectivity index (χ1) is 9.29. The highest BCUT2D eigenvalue weighted by Gasteiger charge is 2.03. The molecule has 1 heterocycles. The number of hydrogen-bond donors (Lipinski definition) is 0. The van der Waals surface area contributed by atoms with Gasteiger partial charge >= 0.3 is 0 Å². The van der Waals surface area contributed by atoms with Gasteiger partial charge in [-0.1, -0.05) is 12.1 Å². The van der Waals surface area contributed by atoms with Crippen molar-refractivity contribution < 1.29 is 9.47 Å². The maximum Gasteiger partial charge on any atom is 0.181 e. The molecule has 1 aromatic heterocycles. The molecule has 5 nitrogen and oxygen atoms in total. The molecule has 6 heteroatoms. The van der Waals surface area contributed by atoms with E-state index < -0.39 is 0 Å². The average molecular weight is 373 g/mol. The van der Waals surface area contributed by atoms with Crippen molar-refractivity contribution in [3.63, 3.8) is 0 Å². The minimum Gasteiger partial charge on any atom is -0.382 e. The van der Waals surface area contributed by atoms with E-state index in [-0.39, 0.29) is 0 Å². The molecule has 0 radical (unpaired) electrons. The molecule has 1 aromatic carbocycles. The molecule has 102 valence electrons. The van der Waals surface area contributed by atoms with Crippen LogP contribution in [-0.2, 0) is 16.0 Å². The van der Waals surface area contributed by atoms with Crippen LogP contribution in [0.4, 0.5) is 0 Å². The van der Waals surface area contributed by atoms with Crippen LogP contribution in [0.25, 0.3) is 11.4 Å². The van der Waals surface area contributed by atoms with Gasteiger partial charge < -0.3 is 9.47 Å². The molecule has 0 spiro atoms. The number of hydrogen-bond acceptors (Lipinski definition) is 4. The molecule has 0 aliphatic rings. The lowest BCUT2D eigenvalue weighted by Gasteiger charge is -2.02. The SMILES string of the molecule is COCCOCCn1cnc(-c2ccc(I)cc2)n1. The first kappa shape index (κ1) is 14.4. The van der Waals surface area contributed by atoms with Gasteiger partial charge in [-0.3, -0.25) is 4.68 Å². The van der Waals surface area contributed by atoms with E-state index in [1.54, 1.807) is 18.1 Å². The third-order valence-corrected chi connectivity index (χ3v) is 3.25. The Morgan fingerprint density at radius 3 is 2.68 bits per heavy atom. The maximum atomic E-state index is 5.39. The number of aromatic nitrogens is 3. The van der Waals surface area contributed by atoms with Crippen LogP contribution in [0, 0.1) is 3.57 Å². The zero-order valence-corrected chi connectivity index (χ0v) is 12.9. The molecule has 0 fully saturated rings. The summed E-state index contributed by atoms with van der Waals surface area (Å²) in [5, 5.41) is 4.42. The third kappa shape index (κ3) is 4.55. The fourth-order valence-electron chi connectivity index (χ4n) is 1.54. The highest BCUT2D eigenvalue weighted by atomic mass is 127. The van der Waals surface area contributed by atoms with Gasteiger partial charge in [0.1, 0.15) is 6.33 Å². The van der Waals surface area contributed by atoms with Crippen molar-refractivity contribution in [2.75, 3.05) is 26.9 Å². The van der Waals surface area contributed by atoms with Gasteiger partial charge in [0.05, 0.1) is 26.4 Å². The van der Waals surface area contributed by atoms with E-state index in [0.717, 1.165) is 11.4 Å². The predicted molar refractivity (Wildman–Crippen MR) is 80.9 cm³/mol. The molecular weight excluding hydrogens is 357 g/mol. The summed E-state index contributed by atoms with van der Waals surface area (Å²) in [7, 11) is 1.66. The van der Waals surface area contributed by atoms with Gasteiger partial charge in [-0.2, -0.15) is 5.10 Å². The first-order valence-electron chi connectivity index (χ1n) is 6.01. The average Bonchev–Trinajstić information content (AvgIpc) is 2.88. The monoisotopic (exact) mass is 373 g/mol. The van der Waals surface area contributed by atoms with E-state index in [1.165, 1.54) is 3.57 Å². The second-order valence-corrected chi connectivity index (χ2v) is 5.19. The van der Waals surface area contributed by atoms with Crippen molar-refractivity contribution in [1.29, 1.82) is 0 Å². The molecule has 0 amide bonds. The summed E-state index contributed by atoms with van der Waals surface area (Å²) in [6, 6.07) is 8.14. The highest BCUT2D eigenvalue weighted by Crippen LogP contribution is 2.15. The highest BCUT2D eigenvalue weighted by molar-refractivity contribution is 14.1. The molecule has 0 aliphatic carbocycles. The molecule has 19 heavy (non-hydrogen) atoms. The van der Waals surface area contributed by atoms with Gasteiger partial charge in [0.2, 0.25) is 0 Å². The summed E-state index contributed by atoms with van der Waals surface area (Å²) >= 11 is 2.28. The van der Waals surface area contributed by atoms with Crippen molar-refractivity contribution >= 4 is 22.6 Å². The van der Waals surface area contributed by atoms with Crippen LogP contribution in [0.15, 0.2) is 30.6 Å². The van der Waals surface area contributed by atoms with Crippen molar-refractivity contribution in [2.24, 2.45) is 0 Å². The Kier molecular flexibility index (Phi) is 5.74. The molecule has 2 rings (SSSR count). The topological polar surface area (TPSA) is 49.2 Å². The van der Waals surface area contributed by atoms with Crippen LogP contribution in [0.1, 0.15) is 0 Å². The summed E-state index contributed by atoms with van der Waals surface area (Å²) in [5.74, 6) is 0.744. The molecular formula is C13H16IN3O2. The predicted octanol–water partition coefficient (Wildman–Crippen LogP) is 2.21. The largest absolute Gasteiger partial charge is 0.382 e. The van der Waals surface area contributed by atoms with Gasteiger partial charge in [0.25, 0.3) is 0 Å². The van der Waals surface area contributed by atoms with Gasteiger partial charge in [-0.15, -0.1) is 0 Å². The zero-order valence-electron chi connectivity index (χ0n) is 10.8. The number of benzene rings is 1. The minimum atomic E-state index is 0.606. The van der Waals surface area contributed by atoms with E-state index in [2.05, 4.69) is 32.7 Å². The lowest BCUT2D eigenvalue weighted by atomic mass is 10.2. The Labute approximate surface area is 126 Å². The molecule has 0 bridgehead atoms. The summed E-state index contributed by atoms with van der Waals surface area (Å²) in [6.45, 7) is 2.53. The van der Waals surface area contributed by atoms with Gasteiger partial charge in [-0.25, -0.2) is 4.98 Å². The van der Waals surface area contributed by atoms with E-state index in [1.807, 2.05) is 24.3 Å². The lowest BCUT2D eigenvalue weighted by Crippen LogP contribution is -2.09. The normalized spacial score (nSPS) is 10.8. The van der Waals surface area contributed by atoms with Crippen LogP contribution in [0.5, 0.6) is 0 Å². The number of methoxy groups -OCH3 is 1. The number of nitrogens with zero attached hydrogens (tertiary/aromatic N) is 3. The molecule has 0 N–H and O–H groups in total. The zero-order chi connectivity index (χ0) is 13.5. The maximum absolute atomic E-state index is 5.39. The van der Waals surface area contributed by atoms with Crippen molar-refractivity contribution in [3.05, 3.63) is 34.2 Å². The fraction of sp³-hybridized carbons (Fsp3) is 0.385. The fourth-order valence-corrected chi connectivity index (χ4v) is 1.90. The summed E-state index contributed by atoms with van der Waals surface area (Å²) in [5.41, 5.74) is 1.03. The molecule has 0 saturated carbocycles. The summed E-state index contributed by atoms with van der Waals surface area (Å²) in [4.78, 5) is 4.30. The van der Waals surface area contributed by atoms with Crippen LogP contribution >= 0.6 is 22.6 Å². The summed E-state index contributed by atoms with van der Waals surface area (Å²) in [6.07, 6.45) is 1.73. The third-order valence-electron chi connectivity index (χ3n) is 2.54. The molecule has 0 saturated heterocycles. The lowest BCUT2D eigenvalue weighted by molar-refractivity contribution is 0.0654. The molecule has 0 unspecified atom stereocenters. The molecule has 2 aromatic rings. The molecule has 0 aliphatic heterocycles. The van der Waals surface area contributed by atoms with E-state index in [4.69, 9.17) is 9.47 Å². The number of ether oxygens (including phenoxy) is 2. The van der Waals surface area contributed by atoms with E-state index in [0.29, 0.717) is 26.4 Å². The summed E-state index contributed by atoms with van der Waals surface area (Å²) < 4.78 is 13.3. The second-order valence-electron chi connectivity index (χ2n) is 3.94. The smallest absolute Gasteiger partial charge is 0.181 e.